The summed E-state index contributed by atoms with van der Waals surface area (Å²) in [5, 5.41) is 1.88. The predicted molar refractivity (Wildman–Crippen MR) is 87.8 cm³/mol. The number of hydrogen-bond donors (Lipinski definition) is 2. The van der Waals surface area contributed by atoms with E-state index in [2.05, 4.69) is 15.0 Å². The van der Waals surface area contributed by atoms with Crippen LogP contribution in [-0.2, 0) is 0 Å². The Bertz CT molecular complexity index is 1040. The largest absolute Gasteiger partial charge is 0.496 e. The van der Waals surface area contributed by atoms with Gasteiger partial charge in [0, 0.05) is 34.2 Å². The number of rotatable bonds is 2. The molecule has 0 fully saturated rings. The molecule has 3 heterocycles. The van der Waals surface area contributed by atoms with E-state index in [9.17, 15) is 4.39 Å². The second-order valence-corrected chi connectivity index (χ2v) is 5.24. The van der Waals surface area contributed by atoms with Gasteiger partial charge in [-0.25, -0.2) is 14.4 Å². The first-order chi connectivity index (χ1) is 11.2. The van der Waals surface area contributed by atoms with Gasteiger partial charge in [-0.15, -0.1) is 0 Å². The topological polar surface area (TPSA) is 76.8 Å². The number of benzene rings is 1. The fourth-order valence-corrected chi connectivity index (χ4v) is 2.74. The minimum atomic E-state index is -0.342. The van der Waals surface area contributed by atoms with Gasteiger partial charge < -0.3 is 15.5 Å². The molecule has 1 aromatic carbocycles. The van der Waals surface area contributed by atoms with Gasteiger partial charge in [0.1, 0.15) is 23.0 Å². The molecule has 0 aliphatic heterocycles. The highest BCUT2D eigenvalue weighted by Gasteiger charge is 2.11. The van der Waals surface area contributed by atoms with E-state index in [1.165, 1.54) is 19.2 Å². The molecule has 0 atom stereocenters. The summed E-state index contributed by atoms with van der Waals surface area (Å²) in [6.07, 6.45) is 3.41. The quantitative estimate of drug-likeness (QED) is 0.594. The Morgan fingerprint density at radius 1 is 1.09 bits per heavy atom. The summed E-state index contributed by atoms with van der Waals surface area (Å²) in [4.78, 5) is 11.7. The molecule has 0 aliphatic rings. The van der Waals surface area contributed by atoms with Crippen molar-refractivity contribution >= 4 is 27.8 Å². The number of fused-ring (bicyclic) bond motifs is 3. The summed E-state index contributed by atoms with van der Waals surface area (Å²) in [5.41, 5.74) is 9.01. The molecule has 0 radical (unpaired) electrons. The Hall–Kier alpha value is -3.15. The van der Waals surface area contributed by atoms with Crippen LogP contribution in [0, 0.1) is 5.82 Å². The fraction of sp³-hybridized carbons (Fsp3) is 0.0588. The van der Waals surface area contributed by atoms with E-state index in [0.717, 1.165) is 33.1 Å². The van der Waals surface area contributed by atoms with Crippen molar-refractivity contribution in [2.45, 2.75) is 0 Å². The van der Waals surface area contributed by atoms with Crippen LogP contribution in [-0.4, -0.2) is 22.1 Å². The van der Waals surface area contributed by atoms with Gasteiger partial charge in [0.2, 0.25) is 0 Å². The zero-order chi connectivity index (χ0) is 16.0. The molecule has 0 unspecified atom stereocenters. The molecule has 23 heavy (non-hydrogen) atoms. The van der Waals surface area contributed by atoms with E-state index in [1.807, 2.05) is 12.1 Å². The van der Waals surface area contributed by atoms with Crippen molar-refractivity contribution < 1.29 is 9.13 Å². The average molecular weight is 308 g/mol. The second-order valence-electron chi connectivity index (χ2n) is 5.24. The molecule has 3 N–H and O–H groups in total. The molecule has 0 amide bonds. The molecule has 5 nitrogen and oxygen atoms in total. The molecule has 114 valence electrons. The van der Waals surface area contributed by atoms with E-state index in [1.54, 1.807) is 18.5 Å². The number of anilines is 1. The Kier molecular flexibility index (Phi) is 2.90. The van der Waals surface area contributed by atoms with Gasteiger partial charge in [0.05, 0.1) is 18.8 Å². The molecule has 0 spiro atoms. The van der Waals surface area contributed by atoms with Crippen LogP contribution in [0.2, 0.25) is 0 Å². The second kappa shape index (κ2) is 4.95. The summed E-state index contributed by atoms with van der Waals surface area (Å²) in [7, 11) is 1.52. The van der Waals surface area contributed by atoms with Gasteiger partial charge in [-0.05, 0) is 24.3 Å². The maximum absolute atomic E-state index is 13.4. The number of methoxy groups -OCH3 is 1. The standard InChI is InChI=1S/C17H13FN4O/c1-23-15-5-10(18)2-3-11(15)9-4-13-12-6-16(19)20-8-14(12)22-17(13)21-7-9/h2-8H,1H3,(H2,19,20)(H,21,22). The average Bonchev–Trinajstić information content (AvgIpc) is 2.92. The van der Waals surface area contributed by atoms with Crippen LogP contribution in [0.1, 0.15) is 0 Å². The number of ether oxygens (including phenoxy) is 1. The lowest BCUT2D eigenvalue weighted by molar-refractivity contribution is 0.413. The molecule has 0 saturated carbocycles. The first-order valence-corrected chi connectivity index (χ1v) is 7.02. The lowest BCUT2D eigenvalue weighted by Gasteiger charge is -2.08. The number of aromatic nitrogens is 3. The number of nitrogens with two attached hydrogens (primary N) is 1. The van der Waals surface area contributed by atoms with Crippen molar-refractivity contribution in [2.75, 3.05) is 12.8 Å². The minimum Gasteiger partial charge on any atom is -0.496 e. The number of nitrogen functional groups attached to an aromatic ring is 1. The molecule has 6 heteroatoms. The number of pyridine rings is 2. The minimum absolute atomic E-state index is 0.342. The number of hydrogen-bond acceptors (Lipinski definition) is 4. The third-order valence-electron chi connectivity index (χ3n) is 3.83. The summed E-state index contributed by atoms with van der Waals surface area (Å²) in [6, 6.07) is 8.23. The van der Waals surface area contributed by atoms with Crippen LogP contribution in [0.3, 0.4) is 0 Å². The molecule has 4 rings (SSSR count). The monoisotopic (exact) mass is 308 g/mol. The zero-order valence-corrected chi connectivity index (χ0v) is 12.3. The lowest BCUT2D eigenvalue weighted by atomic mass is 10.0. The van der Waals surface area contributed by atoms with Crippen LogP contribution in [0.25, 0.3) is 33.1 Å². The van der Waals surface area contributed by atoms with Gasteiger partial charge in [-0.3, -0.25) is 0 Å². The summed E-state index contributed by atoms with van der Waals surface area (Å²) >= 11 is 0. The van der Waals surface area contributed by atoms with Crippen LogP contribution < -0.4 is 10.5 Å². The van der Waals surface area contributed by atoms with Gasteiger partial charge in [0.15, 0.2) is 0 Å². The highest BCUT2D eigenvalue weighted by atomic mass is 19.1. The Balaban J connectivity index is 1.98. The van der Waals surface area contributed by atoms with Crippen LogP contribution >= 0.6 is 0 Å². The van der Waals surface area contributed by atoms with E-state index in [-0.39, 0.29) is 5.82 Å². The van der Waals surface area contributed by atoms with Gasteiger partial charge in [-0.2, -0.15) is 0 Å². The number of nitrogens with zero attached hydrogens (tertiary/aromatic N) is 2. The normalized spacial score (nSPS) is 11.2. The van der Waals surface area contributed by atoms with Crippen LogP contribution in [0.4, 0.5) is 10.2 Å². The van der Waals surface area contributed by atoms with Crippen molar-refractivity contribution in [1.82, 2.24) is 15.0 Å². The first kappa shape index (κ1) is 13.5. The van der Waals surface area contributed by atoms with Crippen molar-refractivity contribution in [2.24, 2.45) is 0 Å². The summed E-state index contributed by atoms with van der Waals surface area (Å²) in [6.45, 7) is 0. The maximum atomic E-state index is 13.4. The number of nitrogens with one attached hydrogen (secondary N) is 1. The van der Waals surface area contributed by atoms with Crippen LogP contribution in [0.5, 0.6) is 5.75 Å². The number of halogens is 1. The van der Waals surface area contributed by atoms with Crippen molar-refractivity contribution in [3.63, 3.8) is 0 Å². The van der Waals surface area contributed by atoms with Crippen molar-refractivity contribution in [3.05, 3.63) is 48.5 Å². The predicted octanol–water partition coefficient (Wildman–Crippen LogP) is 3.51. The highest BCUT2D eigenvalue weighted by Crippen LogP contribution is 2.33. The smallest absolute Gasteiger partial charge is 0.138 e. The summed E-state index contributed by atoms with van der Waals surface area (Å²) < 4.78 is 18.7. The van der Waals surface area contributed by atoms with E-state index in [0.29, 0.717) is 11.6 Å². The molecule has 0 bridgehead atoms. The Labute approximate surface area is 130 Å². The van der Waals surface area contributed by atoms with Gasteiger partial charge in [0.25, 0.3) is 0 Å². The molecular formula is C17H13FN4O. The molecule has 0 saturated heterocycles. The third-order valence-corrected chi connectivity index (χ3v) is 3.83. The zero-order valence-electron chi connectivity index (χ0n) is 12.3. The SMILES string of the molecule is COc1cc(F)ccc1-c1cnc2[nH]c3cnc(N)cc3c2c1. The number of aromatic amines is 1. The molecular weight excluding hydrogens is 295 g/mol. The fourth-order valence-electron chi connectivity index (χ4n) is 2.74. The highest BCUT2D eigenvalue weighted by molar-refractivity contribution is 6.07. The van der Waals surface area contributed by atoms with Gasteiger partial charge in [-0.1, -0.05) is 0 Å². The van der Waals surface area contributed by atoms with Gasteiger partial charge >= 0.3 is 0 Å². The van der Waals surface area contributed by atoms with Crippen LogP contribution in [0.15, 0.2) is 42.7 Å². The Morgan fingerprint density at radius 2 is 1.96 bits per heavy atom. The Morgan fingerprint density at radius 3 is 2.78 bits per heavy atom. The molecule has 3 aromatic heterocycles. The molecule has 0 aliphatic carbocycles. The summed E-state index contributed by atoms with van der Waals surface area (Å²) in [5.74, 6) is 0.570. The molecule has 4 aromatic rings. The van der Waals surface area contributed by atoms with Crippen molar-refractivity contribution in [3.8, 4) is 16.9 Å². The van der Waals surface area contributed by atoms with E-state index >= 15 is 0 Å². The lowest BCUT2D eigenvalue weighted by Crippen LogP contribution is -1.90. The van der Waals surface area contributed by atoms with E-state index < -0.39 is 0 Å². The van der Waals surface area contributed by atoms with Crippen molar-refractivity contribution in [1.29, 1.82) is 0 Å². The first-order valence-electron chi connectivity index (χ1n) is 7.02. The third kappa shape index (κ3) is 2.15. The number of H-pyrrole nitrogens is 1. The van der Waals surface area contributed by atoms with E-state index in [4.69, 9.17) is 10.5 Å². The maximum Gasteiger partial charge on any atom is 0.138 e.